The fraction of sp³-hybridized carbons (Fsp3) is 0.143. The van der Waals surface area contributed by atoms with Crippen molar-refractivity contribution < 1.29 is 14.3 Å². The van der Waals surface area contributed by atoms with Gasteiger partial charge in [0.05, 0.1) is 12.7 Å². The molecule has 0 saturated carbocycles. The van der Waals surface area contributed by atoms with E-state index in [-0.39, 0.29) is 5.88 Å². The number of benzene rings is 2. The molecule has 0 aliphatic heterocycles. The second-order valence-corrected chi connectivity index (χ2v) is 6.53. The highest BCUT2D eigenvalue weighted by molar-refractivity contribution is 6.31. The van der Waals surface area contributed by atoms with Crippen LogP contribution in [-0.4, -0.2) is 29.5 Å². The maximum Gasteiger partial charge on any atom is 0.268 e. The van der Waals surface area contributed by atoms with Crippen LogP contribution in [-0.2, 0) is 11.2 Å². The second-order valence-electron chi connectivity index (χ2n) is 6.09. The lowest BCUT2D eigenvalue weighted by molar-refractivity contribution is -0.110. The maximum atomic E-state index is 12.7. The first kappa shape index (κ1) is 19.5. The van der Waals surface area contributed by atoms with Crippen LogP contribution in [0.3, 0.4) is 0 Å². The highest BCUT2D eigenvalue weighted by Gasteiger charge is 2.20. The Hall–Kier alpha value is -3.25. The summed E-state index contributed by atoms with van der Waals surface area (Å²) in [6.07, 6.45) is 1.66. The van der Waals surface area contributed by atoms with Gasteiger partial charge in [-0.05, 0) is 29.3 Å². The molecule has 1 heterocycles. The monoisotopic (exact) mass is 396 g/mol. The summed E-state index contributed by atoms with van der Waals surface area (Å²) in [5.74, 6) is 0.116. The van der Waals surface area contributed by atoms with Crippen LogP contribution in [0.2, 0.25) is 5.02 Å². The zero-order chi connectivity index (χ0) is 20.1. The second kappa shape index (κ2) is 8.63. The first-order valence-electron chi connectivity index (χ1n) is 8.49. The van der Waals surface area contributed by atoms with Gasteiger partial charge in [-0.15, -0.1) is 5.10 Å². The van der Waals surface area contributed by atoms with Crippen molar-refractivity contribution in [3.8, 4) is 17.0 Å². The number of rotatable bonds is 7. The van der Waals surface area contributed by atoms with E-state index in [0.717, 1.165) is 10.2 Å². The first-order valence-corrected chi connectivity index (χ1v) is 8.87. The maximum absolute atomic E-state index is 12.7. The molecule has 0 spiro atoms. The van der Waals surface area contributed by atoms with Crippen LogP contribution in [0.1, 0.15) is 22.0 Å². The zero-order valence-corrected chi connectivity index (χ0v) is 15.8. The van der Waals surface area contributed by atoms with Crippen molar-refractivity contribution in [1.82, 2.24) is 9.78 Å². The minimum Gasteiger partial charge on any atom is -0.480 e. The number of nitrogens with zero attached hydrogens (tertiary/aromatic N) is 2. The van der Waals surface area contributed by atoms with E-state index in [2.05, 4.69) is 5.10 Å². The largest absolute Gasteiger partial charge is 0.480 e. The highest BCUT2D eigenvalue weighted by Crippen LogP contribution is 2.31. The summed E-state index contributed by atoms with van der Waals surface area (Å²) in [5, 5.41) is 4.64. The zero-order valence-electron chi connectivity index (χ0n) is 15.0. The lowest BCUT2D eigenvalue weighted by Crippen LogP contribution is -2.29. The number of ether oxygens (including phenoxy) is 1. The molecule has 0 amide bonds. The number of aromatic nitrogens is 2. The van der Waals surface area contributed by atoms with Crippen LogP contribution in [0.5, 0.6) is 5.88 Å². The van der Waals surface area contributed by atoms with Crippen molar-refractivity contribution >= 4 is 24.2 Å². The molecular formula is C21H17ClN2O4. The van der Waals surface area contributed by atoms with Gasteiger partial charge in [0.25, 0.3) is 5.56 Å². The average Bonchev–Trinajstić information content (AvgIpc) is 2.72. The molecule has 28 heavy (non-hydrogen) atoms. The first-order chi connectivity index (χ1) is 13.6. The third-order valence-electron chi connectivity index (χ3n) is 4.31. The molecule has 1 aromatic heterocycles. The topological polar surface area (TPSA) is 78.3 Å². The van der Waals surface area contributed by atoms with E-state index in [1.54, 1.807) is 18.2 Å². The van der Waals surface area contributed by atoms with Gasteiger partial charge in [-0.1, -0.05) is 41.9 Å². The Balaban J connectivity index is 2.09. The molecule has 1 unspecified atom stereocenters. The summed E-state index contributed by atoms with van der Waals surface area (Å²) >= 11 is 6.05. The lowest BCUT2D eigenvalue weighted by Gasteiger charge is -2.16. The van der Waals surface area contributed by atoms with Crippen molar-refractivity contribution in [2.45, 2.75) is 12.5 Å². The van der Waals surface area contributed by atoms with Gasteiger partial charge in [-0.25, -0.2) is 4.68 Å². The van der Waals surface area contributed by atoms with Crippen molar-refractivity contribution in [1.29, 1.82) is 0 Å². The molecule has 0 saturated heterocycles. The Kier molecular flexibility index (Phi) is 6.01. The molecule has 3 rings (SSSR count). The number of hydrogen-bond donors (Lipinski definition) is 0. The summed E-state index contributed by atoms with van der Waals surface area (Å²) in [6.45, 7) is 0. The molecule has 142 valence electrons. The molecular weight excluding hydrogens is 380 g/mol. The van der Waals surface area contributed by atoms with E-state index in [9.17, 15) is 14.4 Å². The molecule has 3 aromatic rings. The summed E-state index contributed by atoms with van der Waals surface area (Å²) in [7, 11) is 1.40. The molecule has 0 fully saturated rings. The summed E-state index contributed by atoms with van der Waals surface area (Å²) < 4.78 is 6.42. The van der Waals surface area contributed by atoms with Crippen LogP contribution in [0.4, 0.5) is 0 Å². The number of hydrogen-bond acceptors (Lipinski definition) is 5. The van der Waals surface area contributed by atoms with E-state index in [4.69, 9.17) is 16.3 Å². The Morgan fingerprint density at radius 1 is 1.11 bits per heavy atom. The molecule has 0 N–H and O–H groups in total. The van der Waals surface area contributed by atoms with Gasteiger partial charge in [0.15, 0.2) is 6.29 Å². The number of methoxy groups -OCH3 is 1. The highest BCUT2D eigenvalue weighted by atomic mass is 35.5. The molecule has 0 bridgehead atoms. The van der Waals surface area contributed by atoms with E-state index in [0.29, 0.717) is 40.7 Å². The predicted octanol–water partition coefficient (Wildman–Crippen LogP) is 3.37. The van der Waals surface area contributed by atoms with Crippen LogP contribution in [0.15, 0.2) is 59.4 Å². The SMILES string of the molecule is COc1nn(C(C=O)Cc2ccccc2)c(=O)cc1-c1cc(Cl)ccc1C=O. The fourth-order valence-electron chi connectivity index (χ4n) is 2.95. The number of carbonyl (C=O) groups excluding carboxylic acids is 2. The summed E-state index contributed by atoms with van der Waals surface area (Å²) in [6, 6.07) is 14.5. The van der Waals surface area contributed by atoms with E-state index in [1.807, 2.05) is 30.3 Å². The van der Waals surface area contributed by atoms with Gasteiger partial charge < -0.3 is 9.53 Å². The van der Waals surface area contributed by atoms with Gasteiger partial charge in [-0.3, -0.25) is 9.59 Å². The summed E-state index contributed by atoms with van der Waals surface area (Å²) in [4.78, 5) is 35.8. The Morgan fingerprint density at radius 3 is 2.50 bits per heavy atom. The molecule has 6 nitrogen and oxygen atoms in total. The minimum absolute atomic E-state index is 0.116. The van der Waals surface area contributed by atoms with E-state index in [1.165, 1.54) is 13.2 Å². The van der Waals surface area contributed by atoms with Crippen molar-refractivity contribution in [3.63, 3.8) is 0 Å². The lowest BCUT2D eigenvalue weighted by atomic mass is 10.0. The molecule has 0 aliphatic carbocycles. The van der Waals surface area contributed by atoms with Crippen LogP contribution in [0, 0.1) is 0 Å². The van der Waals surface area contributed by atoms with Crippen LogP contribution >= 0.6 is 11.6 Å². The number of aldehydes is 2. The van der Waals surface area contributed by atoms with E-state index >= 15 is 0 Å². The predicted molar refractivity (Wildman–Crippen MR) is 106 cm³/mol. The molecule has 7 heteroatoms. The quantitative estimate of drug-likeness (QED) is 0.572. The van der Waals surface area contributed by atoms with Crippen LogP contribution < -0.4 is 10.3 Å². The third-order valence-corrected chi connectivity index (χ3v) is 4.54. The minimum atomic E-state index is -0.789. The van der Waals surface area contributed by atoms with Gasteiger partial charge in [-0.2, -0.15) is 0 Å². The summed E-state index contributed by atoms with van der Waals surface area (Å²) in [5.41, 5.74) is 1.52. The smallest absolute Gasteiger partial charge is 0.268 e. The Morgan fingerprint density at radius 2 is 1.86 bits per heavy atom. The molecule has 1 atom stereocenters. The van der Waals surface area contributed by atoms with Gasteiger partial charge >= 0.3 is 0 Å². The molecule has 2 aromatic carbocycles. The Labute approximate surface area is 166 Å². The van der Waals surface area contributed by atoms with Gasteiger partial charge in [0, 0.05) is 23.1 Å². The third kappa shape index (κ3) is 4.02. The van der Waals surface area contributed by atoms with Gasteiger partial charge in [0.1, 0.15) is 12.3 Å². The van der Waals surface area contributed by atoms with Crippen LogP contribution in [0.25, 0.3) is 11.1 Å². The standard InChI is InChI=1S/C21H17ClN2O4/c1-28-21-19(18-10-16(22)8-7-15(18)12-25)11-20(27)24(23-21)17(13-26)9-14-5-3-2-4-6-14/h2-8,10-13,17H,9H2,1H3. The van der Waals surface area contributed by atoms with Crippen molar-refractivity contribution in [2.24, 2.45) is 0 Å². The average molecular weight is 397 g/mol. The normalized spacial score (nSPS) is 11.6. The van der Waals surface area contributed by atoms with Gasteiger partial charge in [0.2, 0.25) is 5.88 Å². The van der Waals surface area contributed by atoms with Crippen molar-refractivity contribution in [2.75, 3.05) is 7.11 Å². The number of halogens is 1. The molecule has 0 radical (unpaired) electrons. The molecule has 0 aliphatic rings. The Bertz CT molecular complexity index is 1060. The van der Waals surface area contributed by atoms with Crippen molar-refractivity contribution in [3.05, 3.63) is 81.1 Å². The number of carbonyl (C=O) groups is 2. The van der Waals surface area contributed by atoms with E-state index < -0.39 is 11.6 Å². The fourth-order valence-corrected chi connectivity index (χ4v) is 3.12.